The van der Waals surface area contributed by atoms with Crippen LogP contribution in [0.3, 0.4) is 0 Å². The summed E-state index contributed by atoms with van der Waals surface area (Å²) in [6.07, 6.45) is -3.76. The zero-order valence-electron chi connectivity index (χ0n) is 14.3. The predicted octanol–water partition coefficient (Wildman–Crippen LogP) is 4.10. The van der Waals surface area contributed by atoms with Gasteiger partial charge in [0.2, 0.25) is 6.41 Å². The largest absolute Gasteiger partial charge is 0.496 e. The van der Waals surface area contributed by atoms with E-state index in [0.717, 1.165) is 6.07 Å². The molecule has 0 fully saturated rings. The molecule has 0 saturated carbocycles. The van der Waals surface area contributed by atoms with Crippen molar-refractivity contribution in [1.29, 1.82) is 0 Å². The van der Waals surface area contributed by atoms with Gasteiger partial charge in [0.25, 0.3) is 0 Å². The molecule has 26 heavy (non-hydrogen) atoms. The predicted molar refractivity (Wildman–Crippen MR) is 88.4 cm³/mol. The van der Waals surface area contributed by atoms with Crippen molar-refractivity contribution in [1.82, 2.24) is 0 Å². The van der Waals surface area contributed by atoms with Gasteiger partial charge in [0, 0.05) is 5.56 Å². The Balaban J connectivity index is 0.00000105. The number of halogens is 4. The fourth-order valence-electron chi connectivity index (χ4n) is 2.29. The van der Waals surface area contributed by atoms with Crippen LogP contribution in [0.1, 0.15) is 23.6 Å². The minimum atomic E-state index is -4.51. The van der Waals surface area contributed by atoms with E-state index in [0.29, 0.717) is 17.7 Å². The number of primary amides is 1. The molecule has 8 heteroatoms. The van der Waals surface area contributed by atoms with Gasteiger partial charge >= 0.3 is 6.18 Å². The number of carbonyl (C=O) groups is 1. The Morgan fingerprint density at radius 3 is 2.35 bits per heavy atom. The zero-order valence-corrected chi connectivity index (χ0v) is 14.3. The summed E-state index contributed by atoms with van der Waals surface area (Å²) in [7, 11) is 1.30. The lowest BCUT2D eigenvalue weighted by Crippen LogP contribution is -2.12. The molecular formula is C18H19F4NO3. The molecule has 0 unspecified atom stereocenters. The van der Waals surface area contributed by atoms with Crippen LogP contribution in [-0.2, 0) is 24.0 Å². The lowest BCUT2D eigenvalue weighted by Gasteiger charge is -2.17. The number of methoxy groups -OCH3 is 1. The molecule has 0 aromatic heterocycles. The van der Waals surface area contributed by atoms with E-state index < -0.39 is 17.6 Å². The zero-order chi connectivity index (χ0) is 19.7. The van der Waals surface area contributed by atoms with Gasteiger partial charge in [-0.05, 0) is 42.3 Å². The topological polar surface area (TPSA) is 61.6 Å². The molecule has 0 saturated heterocycles. The quantitative estimate of drug-likeness (QED) is 0.634. The highest BCUT2D eigenvalue weighted by Gasteiger charge is 2.34. The van der Waals surface area contributed by atoms with Gasteiger partial charge in [0.05, 0.1) is 12.7 Å². The maximum absolute atomic E-state index is 13.2. The molecule has 1 amide bonds. The molecular weight excluding hydrogens is 354 g/mol. The fraction of sp³-hybridized carbons (Fsp3) is 0.278. The third-order valence-corrected chi connectivity index (χ3v) is 3.43. The van der Waals surface area contributed by atoms with Crippen LogP contribution in [0.4, 0.5) is 17.6 Å². The Labute approximate surface area is 148 Å². The van der Waals surface area contributed by atoms with Crippen molar-refractivity contribution in [3.05, 3.63) is 58.9 Å². The highest BCUT2D eigenvalue weighted by Crippen LogP contribution is 2.36. The first kappa shape index (κ1) is 21.3. The maximum Gasteiger partial charge on any atom is 0.416 e. The van der Waals surface area contributed by atoms with Gasteiger partial charge in [-0.15, -0.1) is 0 Å². The normalized spacial score (nSPS) is 10.5. The van der Waals surface area contributed by atoms with Crippen molar-refractivity contribution < 1.29 is 31.8 Å². The molecule has 0 aliphatic heterocycles. The Bertz CT molecular complexity index is 733. The molecule has 2 N–H and O–H groups in total. The first-order chi connectivity index (χ1) is 12.3. The number of ether oxygens (including phenoxy) is 2. The summed E-state index contributed by atoms with van der Waals surface area (Å²) in [5.74, 6) is 0.0374. The number of benzene rings is 2. The third kappa shape index (κ3) is 5.65. The summed E-state index contributed by atoms with van der Waals surface area (Å²) in [5, 5.41) is 0. The van der Waals surface area contributed by atoms with Crippen molar-refractivity contribution >= 4 is 6.41 Å². The summed E-state index contributed by atoms with van der Waals surface area (Å²) in [6, 6.07) is 7.63. The summed E-state index contributed by atoms with van der Waals surface area (Å²) >= 11 is 0. The van der Waals surface area contributed by atoms with E-state index >= 15 is 0 Å². The van der Waals surface area contributed by atoms with Crippen LogP contribution in [0.2, 0.25) is 0 Å². The molecule has 2 aromatic carbocycles. The van der Waals surface area contributed by atoms with Gasteiger partial charge in [-0.2, -0.15) is 13.2 Å². The van der Waals surface area contributed by atoms with E-state index in [2.05, 4.69) is 5.73 Å². The smallest absolute Gasteiger partial charge is 0.416 e. The van der Waals surface area contributed by atoms with Crippen LogP contribution in [-0.4, -0.2) is 13.5 Å². The molecule has 0 bridgehead atoms. The first-order valence-electron chi connectivity index (χ1n) is 7.58. The minimum absolute atomic E-state index is 0.0890. The van der Waals surface area contributed by atoms with Crippen molar-refractivity contribution in [2.75, 3.05) is 7.11 Å². The van der Waals surface area contributed by atoms with Crippen molar-refractivity contribution in [3.8, 4) is 11.5 Å². The summed E-state index contributed by atoms with van der Waals surface area (Å²) in [6.45, 7) is 1.49. The van der Waals surface area contributed by atoms with E-state index in [4.69, 9.17) is 14.3 Å². The molecule has 0 aliphatic rings. The van der Waals surface area contributed by atoms with Crippen LogP contribution in [0.25, 0.3) is 0 Å². The molecule has 2 aromatic rings. The fourth-order valence-corrected chi connectivity index (χ4v) is 2.29. The van der Waals surface area contributed by atoms with Gasteiger partial charge in [-0.1, -0.05) is 13.0 Å². The molecule has 142 valence electrons. The molecule has 2 rings (SSSR count). The van der Waals surface area contributed by atoms with Gasteiger partial charge in [-0.3, -0.25) is 4.79 Å². The number of alkyl halides is 3. The maximum atomic E-state index is 13.2. The van der Waals surface area contributed by atoms with Crippen LogP contribution < -0.4 is 15.2 Å². The Morgan fingerprint density at radius 1 is 1.15 bits per heavy atom. The summed E-state index contributed by atoms with van der Waals surface area (Å²) in [5.41, 5.74) is 3.86. The average Bonchev–Trinajstić information content (AvgIpc) is 2.60. The lowest BCUT2D eigenvalue weighted by atomic mass is 10.1. The van der Waals surface area contributed by atoms with Crippen molar-refractivity contribution in [2.45, 2.75) is 26.1 Å². The Kier molecular flexibility index (Phi) is 7.89. The second-order valence-corrected chi connectivity index (χ2v) is 5.01. The van der Waals surface area contributed by atoms with Crippen molar-refractivity contribution in [3.63, 3.8) is 0 Å². The van der Waals surface area contributed by atoms with Gasteiger partial charge in [0.15, 0.2) is 0 Å². The molecule has 0 spiro atoms. The highest BCUT2D eigenvalue weighted by molar-refractivity contribution is 5.42. The van der Waals surface area contributed by atoms with Crippen molar-refractivity contribution in [2.24, 2.45) is 5.73 Å². The van der Waals surface area contributed by atoms with Crippen LogP contribution in [0.15, 0.2) is 36.4 Å². The first-order valence-corrected chi connectivity index (χ1v) is 7.58. The molecule has 0 radical (unpaired) electrons. The molecule has 0 heterocycles. The number of rotatable bonds is 5. The van der Waals surface area contributed by atoms with Gasteiger partial charge in [0.1, 0.15) is 23.9 Å². The molecule has 0 atom stereocenters. The third-order valence-electron chi connectivity index (χ3n) is 3.43. The summed E-state index contributed by atoms with van der Waals surface area (Å²) in [4.78, 5) is 8.58. The molecule has 0 aliphatic carbocycles. The number of hydrogen-bond acceptors (Lipinski definition) is 3. The second-order valence-electron chi connectivity index (χ2n) is 5.01. The monoisotopic (exact) mass is 373 g/mol. The second kappa shape index (κ2) is 9.65. The highest BCUT2D eigenvalue weighted by atomic mass is 19.4. The van der Waals surface area contributed by atoms with Crippen LogP contribution >= 0.6 is 0 Å². The van der Waals surface area contributed by atoms with Gasteiger partial charge in [-0.25, -0.2) is 4.39 Å². The Morgan fingerprint density at radius 2 is 1.81 bits per heavy atom. The number of amides is 1. The van der Waals surface area contributed by atoms with E-state index in [-0.39, 0.29) is 24.3 Å². The van der Waals surface area contributed by atoms with E-state index in [1.807, 2.05) is 6.92 Å². The summed E-state index contributed by atoms with van der Waals surface area (Å²) < 4.78 is 63.1. The standard InChI is InChI=1S/C17H16F4O2.CH3NO/c1-3-11-9-12(18)7-8-15(11)23-10-13-14(17(19,20)21)5-4-6-16(13)22-2;2-1-3/h4-9H,3,10H2,1-2H3;1H,(H2,2,3). The van der Waals surface area contributed by atoms with Crippen LogP contribution in [0, 0.1) is 5.82 Å². The van der Waals surface area contributed by atoms with Crippen LogP contribution in [0.5, 0.6) is 11.5 Å². The number of aryl methyl sites for hydroxylation is 1. The van der Waals surface area contributed by atoms with Gasteiger partial charge < -0.3 is 15.2 Å². The Hall–Kier alpha value is -2.77. The minimum Gasteiger partial charge on any atom is -0.496 e. The lowest BCUT2D eigenvalue weighted by molar-refractivity contribution is -0.138. The molecule has 4 nitrogen and oxygen atoms in total. The number of hydrogen-bond donors (Lipinski definition) is 1. The average molecular weight is 373 g/mol. The SMILES string of the molecule is CCc1cc(F)ccc1OCc1c(OC)cccc1C(F)(F)F.NC=O. The van der Waals surface area contributed by atoms with E-state index in [9.17, 15) is 17.6 Å². The number of nitrogens with two attached hydrogens (primary N) is 1. The van der Waals surface area contributed by atoms with E-state index in [1.165, 1.54) is 37.4 Å². The van der Waals surface area contributed by atoms with E-state index in [1.54, 1.807) is 0 Å². The number of carbonyl (C=O) groups excluding carboxylic acids is 1.